The molecule has 23 heavy (non-hydrogen) atoms. The molecule has 0 radical (unpaired) electrons. The van der Waals surface area contributed by atoms with Gasteiger partial charge >= 0.3 is 0 Å². The van der Waals surface area contributed by atoms with Crippen molar-refractivity contribution in [3.63, 3.8) is 0 Å². The molecule has 126 valence electrons. The van der Waals surface area contributed by atoms with Crippen molar-refractivity contribution in [1.29, 1.82) is 0 Å². The van der Waals surface area contributed by atoms with Gasteiger partial charge in [0, 0.05) is 12.0 Å². The number of piperidine rings is 1. The van der Waals surface area contributed by atoms with Crippen LogP contribution in [0.2, 0.25) is 0 Å². The summed E-state index contributed by atoms with van der Waals surface area (Å²) in [4.78, 5) is 2.51. The minimum absolute atomic E-state index is 0.0465. The predicted molar refractivity (Wildman–Crippen MR) is 94.0 cm³/mol. The summed E-state index contributed by atoms with van der Waals surface area (Å²) in [5.74, 6) is 1.03. The van der Waals surface area contributed by atoms with E-state index in [-0.39, 0.29) is 11.5 Å². The molecular formula is C17H26N4OS. The standard InChI is InChI=1S/C17H26N4OS/c1-17(2,3)15-19-20-16(23-15)18-12-13(14-8-7-11-22-14)21-9-5-4-6-10-21/h7-8,11,13H,4-6,9-10,12H2,1-3H3,(H,18,20). The molecule has 1 unspecified atom stereocenters. The Morgan fingerprint density at radius 3 is 2.65 bits per heavy atom. The van der Waals surface area contributed by atoms with Gasteiger partial charge in [-0.1, -0.05) is 38.5 Å². The zero-order valence-electron chi connectivity index (χ0n) is 14.2. The summed E-state index contributed by atoms with van der Waals surface area (Å²) < 4.78 is 5.68. The van der Waals surface area contributed by atoms with Gasteiger partial charge in [-0.3, -0.25) is 4.90 Å². The highest BCUT2D eigenvalue weighted by molar-refractivity contribution is 7.15. The molecule has 1 aliphatic heterocycles. The highest BCUT2D eigenvalue weighted by Crippen LogP contribution is 2.29. The molecule has 1 saturated heterocycles. The lowest BCUT2D eigenvalue weighted by atomic mass is 9.98. The zero-order chi connectivity index (χ0) is 16.3. The topological polar surface area (TPSA) is 54.2 Å². The third kappa shape index (κ3) is 4.12. The van der Waals surface area contributed by atoms with E-state index in [2.05, 4.69) is 47.3 Å². The van der Waals surface area contributed by atoms with E-state index < -0.39 is 0 Å². The second-order valence-electron chi connectivity index (χ2n) is 7.17. The van der Waals surface area contributed by atoms with Crippen LogP contribution in [0.15, 0.2) is 22.8 Å². The average Bonchev–Trinajstić information content (AvgIpc) is 3.19. The van der Waals surface area contributed by atoms with Gasteiger partial charge < -0.3 is 9.73 Å². The summed E-state index contributed by atoms with van der Waals surface area (Å²) in [7, 11) is 0. The van der Waals surface area contributed by atoms with Gasteiger partial charge in [0.25, 0.3) is 0 Å². The Labute approximate surface area is 142 Å². The number of hydrogen-bond acceptors (Lipinski definition) is 6. The van der Waals surface area contributed by atoms with E-state index >= 15 is 0 Å². The second kappa shape index (κ2) is 7.01. The number of hydrogen-bond donors (Lipinski definition) is 1. The number of aromatic nitrogens is 2. The Bertz CT molecular complexity index is 596. The first-order valence-corrected chi connectivity index (χ1v) is 9.21. The minimum Gasteiger partial charge on any atom is -0.468 e. The number of furan rings is 1. The molecule has 0 bridgehead atoms. The van der Waals surface area contributed by atoms with E-state index in [1.54, 1.807) is 17.6 Å². The largest absolute Gasteiger partial charge is 0.468 e. The molecule has 3 rings (SSSR count). The van der Waals surface area contributed by atoms with E-state index in [1.165, 1.54) is 19.3 Å². The van der Waals surface area contributed by atoms with Gasteiger partial charge in [-0.05, 0) is 38.1 Å². The van der Waals surface area contributed by atoms with Gasteiger partial charge in [-0.2, -0.15) is 0 Å². The fourth-order valence-electron chi connectivity index (χ4n) is 2.90. The summed E-state index contributed by atoms with van der Waals surface area (Å²) in [5.41, 5.74) is 0.0465. The molecule has 1 fully saturated rings. The SMILES string of the molecule is CC(C)(C)c1nnc(NCC(c2ccco2)N2CCCCC2)s1. The molecule has 0 amide bonds. The number of anilines is 1. The summed E-state index contributed by atoms with van der Waals surface area (Å²) in [6.45, 7) is 9.56. The molecule has 0 aliphatic carbocycles. The maximum Gasteiger partial charge on any atom is 0.205 e. The Morgan fingerprint density at radius 2 is 2.04 bits per heavy atom. The molecule has 2 aromatic heterocycles. The fourth-order valence-corrected chi connectivity index (χ4v) is 3.71. The van der Waals surface area contributed by atoms with Crippen molar-refractivity contribution >= 4 is 16.5 Å². The van der Waals surface area contributed by atoms with Crippen LogP contribution in [-0.2, 0) is 5.41 Å². The van der Waals surface area contributed by atoms with E-state index in [4.69, 9.17) is 4.42 Å². The minimum atomic E-state index is 0.0465. The van der Waals surface area contributed by atoms with Crippen molar-refractivity contribution in [2.45, 2.75) is 51.5 Å². The number of rotatable bonds is 5. The summed E-state index contributed by atoms with van der Waals surface area (Å²) in [5, 5.41) is 14.0. The van der Waals surface area contributed by atoms with Crippen molar-refractivity contribution in [3.05, 3.63) is 29.2 Å². The van der Waals surface area contributed by atoms with Crippen LogP contribution >= 0.6 is 11.3 Å². The van der Waals surface area contributed by atoms with Crippen LogP contribution in [-0.4, -0.2) is 34.7 Å². The van der Waals surface area contributed by atoms with Crippen molar-refractivity contribution < 1.29 is 4.42 Å². The lowest BCUT2D eigenvalue weighted by Gasteiger charge is -2.33. The first-order chi connectivity index (χ1) is 11.0. The van der Waals surface area contributed by atoms with Gasteiger partial charge in [0.15, 0.2) is 0 Å². The van der Waals surface area contributed by atoms with Crippen LogP contribution in [0.4, 0.5) is 5.13 Å². The van der Waals surface area contributed by atoms with Crippen molar-refractivity contribution in [1.82, 2.24) is 15.1 Å². The molecule has 0 saturated carbocycles. The van der Waals surface area contributed by atoms with Crippen LogP contribution in [0.25, 0.3) is 0 Å². The second-order valence-corrected chi connectivity index (χ2v) is 8.15. The van der Waals surface area contributed by atoms with Gasteiger partial charge in [0.2, 0.25) is 5.13 Å². The number of likely N-dealkylation sites (tertiary alicyclic amines) is 1. The monoisotopic (exact) mass is 334 g/mol. The van der Waals surface area contributed by atoms with Crippen molar-refractivity contribution in [2.75, 3.05) is 25.0 Å². The van der Waals surface area contributed by atoms with Crippen LogP contribution in [0.1, 0.15) is 56.8 Å². The van der Waals surface area contributed by atoms with Crippen LogP contribution in [0.3, 0.4) is 0 Å². The Kier molecular flexibility index (Phi) is 5.02. The molecule has 1 N–H and O–H groups in total. The quantitative estimate of drug-likeness (QED) is 0.893. The van der Waals surface area contributed by atoms with Gasteiger partial charge in [-0.15, -0.1) is 10.2 Å². The Morgan fingerprint density at radius 1 is 1.26 bits per heavy atom. The third-order valence-electron chi connectivity index (χ3n) is 4.22. The Hall–Kier alpha value is -1.40. The van der Waals surface area contributed by atoms with E-state index in [1.807, 2.05) is 6.07 Å². The Balaban J connectivity index is 1.68. The van der Waals surface area contributed by atoms with Gasteiger partial charge in [-0.25, -0.2) is 0 Å². The summed E-state index contributed by atoms with van der Waals surface area (Å²) >= 11 is 1.64. The molecule has 6 heteroatoms. The molecule has 1 aliphatic rings. The van der Waals surface area contributed by atoms with E-state index in [0.717, 1.165) is 35.5 Å². The molecule has 1 atom stereocenters. The first kappa shape index (κ1) is 16.5. The average molecular weight is 334 g/mol. The molecule has 2 aromatic rings. The van der Waals surface area contributed by atoms with Gasteiger partial charge in [0.05, 0.1) is 12.3 Å². The normalized spacial score (nSPS) is 18.0. The number of nitrogens with zero attached hydrogens (tertiary/aromatic N) is 3. The number of nitrogens with one attached hydrogen (secondary N) is 1. The molecular weight excluding hydrogens is 308 g/mol. The maximum atomic E-state index is 5.68. The lowest BCUT2D eigenvalue weighted by molar-refractivity contribution is 0.153. The summed E-state index contributed by atoms with van der Waals surface area (Å²) in [6, 6.07) is 4.30. The zero-order valence-corrected chi connectivity index (χ0v) is 15.0. The highest BCUT2D eigenvalue weighted by Gasteiger charge is 2.25. The predicted octanol–water partition coefficient (Wildman–Crippen LogP) is 4.07. The molecule has 0 spiro atoms. The van der Waals surface area contributed by atoms with E-state index in [0.29, 0.717) is 0 Å². The highest BCUT2D eigenvalue weighted by atomic mass is 32.1. The molecule has 0 aromatic carbocycles. The molecule has 5 nitrogen and oxygen atoms in total. The van der Waals surface area contributed by atoms with Crippen molar-refractivity contribution in [3.8, 4) is 0 Å². The van der Waals surface area contributed by atoms with Gasteiger partial charge in [0.1, 0.15) is 10.8 Å². The third-order valence-corrected chi connectivity index (χ3v) is 5.52. The smallest absolute Gasteiger partial charge is 0.205 e. The fraction of sp³-hybridized carbons (Fsp3) is 0.647. The first-order valence-electron chi connectivity index (χ1n) is 8.39. The van der Waals surface area contributed by atoms with Crippen LogP contribution in [0, 0.1) is 0 Å². The van der Waals surface area contributed by atoms with E-state index in [9.17, 15) is 0 Å². The maximum absolute atomic E-state index is 5.68. The molecule has 3 heterocycles. The van der Waals surface area contributed by atoms with Crippen LogP contribution < -0.4 is 5.32 Å². The van der Waals surface area contributed by atoms with Crippen molar-refractivity contribution in [2.24, 2.45) is 0 Å². The summed E-state index contributed by atoms with van der Waals surface area (Å²) in [6.07, 6.45) is 5.63. The van der Waals surface area contributed by atoms with Crippen LogP contribution in [0.5, 0.6) is 0 Å². The lowest BCUT2D eigenvalue weighted by Crippen LogP contribution is -2.37.